The number of piperazine rings is 1. The number of amides is 1. The molecule has 1 amide bonds. The van der Waals surface area contributed by atoms with Gasteiger partial charge >= 0.3 is 0 Å². The maximum atomic E-state index is 12.8. The van der Waals surface area contributed by atoms with Crippen molar-refractivity contribution in [2.45, 2.75) is 19.4 Å². The molecule has 0 atom stereocenters. The van der Waals surface area contributed by atoms with E-state index in [4.69, 9.17) is 9.47 Å². The average molecular weight is 381 g/mol. The Kier molecular flexibility index (Phi) is 5.76. The van der Waals surface area contributed by atoms with Crippen LogP contribution in [0.15, 0.2) is 42.6 Å². The molecular weight excluding hydrogens is 354 g/mol. The molecule has 2 fully saturated rings. The highest BCUT2D eigenvalue weighted by molar-refractivity contribution is 5.94. The minimum Gasteiger partial charge on any atom is -0.496 e. The minimum atomic E-state index is 0.0400. The number of hydrogen-bond acceptors (Lipinski definition) is 5. The van der Waals surface area contributed by atoms with Crippen LogP contribution in [-0.2, 0) is 6.54 Å². The van der Waals surface area contributed by atoms with Crippen molar-refractivity contribution in [1.29, 1.82) is 0 Å². The molecule has 1 saturated heterocycles. The molecule has 6 nitrogen and oxygen atoms in total. The molecule has 28 heavy (non-hydrogen) atoms. The number of pyridine rings is 1. The summed E-state index contributed by atoms with van der Waals surface area (Å²) in [7, 11) is 1.70. The molecule has 2 aromatic rings. The van der Waals surface area contributed by atoms with Gasteiger partial charge in [-0.3, -0.25) is 9.69 Å². The summed E-state index contributed by atoms with van der Waals surface area (Å²) in [4.78, 5) is 21.3. The number of hydrogen-bond donors (Lipinski definition) is 0. The van der Waals surface area contributed by atoms with E-state index in [0.717, 1.165) is 32.0 Å². The van der Waals surface area contributed by atoms with Crippen molar-refractivity contribution in [1.82, 2.24) is 14.8 Å². The Morgan fingerprint density at radius 1 is 1.11 bits per heavy atom. The molecule has 1 saturated carbocycles. The summed E-state index contributed by atoms with van der Waals surface area (Å²) in [5, 5.41) is 0. The van der Waals surface area contributed by atoms with E-state index >= 15 is 0 Å². The highest BCUT2D eigenvalue weighted by Crippen LogP contribution is 2.29. The van der Waals surface area contributed by atoms with Gasteiger partial charge in [0, 0.05) is 50.6 Å². The molecule has 0 radical (unpaired) electrons. The Hall–Kier alpha value is -2.60. The lowest BCUT2D eigenvalue weighted by Gasteiger charge is -2.35. The number of aromatic nitrogens is 1. The number of rotatable bonds is 7. The fraction of sp³-hybridized carbons (Fsp3) is 0.455. The number of ether oxygens (including phenoxy) is 2. The second-order valence-corrected chi connectivity index (χ2v) is 7.52. The first-order valence-corrected chi connectivity index (χ1v) is 9.95. The van der Waals surface area contributed by atoms with Crippen molar-refractivity contribution in [3.63, 3.8) is 0 Å². The monoisotopic (exact) mass is 381 g/mol. The van der Waals surface area contributed by atoms with Crippen molar-refractivity contribution < 1.29 is 14.3 Å². The van der Waals surface area contributed by atoms with Gasteiger partial charge in [0.1, 0.15) is 5.75 Å². The van der Waals surface area contributed by atoms with Gasteiger partial charge in [0.05, 0.1) is 19.3 Å². The summed E-state index contributed by atoms with van der Waals surface area (Å²) in [6.45, 7) is 4.69. The van der Waals surface area contributed by atoms with Crippen LogP contribution in [0.2, 0.25) is 0 Å². The number of nitrogens with zero attached hydrogens (tertiary/aromatic N) is 3. The first-order chi connectivity index (χ1) is 13.7. The molecule has 0 N–H and O–H groups in total. The number of carbonyl (C=O) groups is 1. The normalized spacial score (nSPS) is 17.4. The van der Waals surface area contributed by atoms with Gasteiger partial charge in [-0.2, -0.15) is 0 Å². The van der Waals surface area contributed by atoms with Gasteiger partial charge in [-0.1, -0.05) is 18.2 Å². The Bertz CT molecular complexity index is 797. The van der Waals surface area contributed by atoms with Crippen LogP contribution in [0.5, 0.6) is 11.6 Å². The van der Waals surface area contributed by atoms with Gasteiger partial charge in [-0.15, -0.1) is 0 Å². The van der Waals surface area contributed by atoms with Crippen molar-refractivity contribution >= 4 is 5.91 Å². The molecule has 6 heteroatoms. The van der Waals surface area contributed by atoms with E-state index in [9.17, 15) is 4.79 Å². The van der Waals surface area contributed by atoms with Crippen LogP contribution in [0.25, 0.3) is 0 Å². The second kappa shape index (κ2) is 8.61. The molecule has 2 heterocycles. The van der Waals surface area contributed by atoms with Crippen LogP contribution in [0.4, 0.5) is 0 Å². The summed E-state index contributed by atoms with van der Waals surface area (Å²) < 4.78 is 11.1. The van der Waals surface area contributed by atoms with Crippen molar-refractivity contribution in [3.05, 3.63) is 53.7 Å². The minimum absolute atomic E-state index is 0.0400. The summed E-state index contributed by atoms with van der Waals surface area (Å²) in [5.74, 6) is 2.24. The van der Waals surface area contributed by atoms with Crippen LogP contribution in [0, 0.1) is 5.92 Å². The van der Waals surface area contributed by atoms with Crippen LogP contribution in [-0.4, -0.2) is 60.6 Å². The van der Waals surface area contributed by atoms with Gasteiger partial charge in [-0.05, 0) is 30.9 Å². The van der Waals surface area contributed by atoms with Gasteiger partial charge in [0.25, 0.3) is 5.91 Å². The van der Waals surface area contributed by atoms with E-state index in [1.165, 1.54) is 18.4 Å². The summed E-state index contributed by atoms with van der Waals surface area (Å²) in [6.07, 6.45) is 4.13. The van der Waals surface area contributed by atoms with Gasteiger partial charge in [0.2, 0.25) is 5.88 Å². The molecule has 4 rings (SSSR count). The topological polar surface area (TPSA) is 54.9 Å². The lowest BCUT2D eigenvalue weighted by atomic mass is 10.1. The second-order valence-electron chi connectivity index (χ2n) is 7.52. The molecule has 0 unspecified atom stereocenters. The summed E-state index contributed by atoms with van der Waals surface area (Å²) >= 11 is 0. The zero-order valence-electron chi connectivity index (χ0n) is 16.3. The SMILES string of the molecule is COc1ccccc1CN1CCN(C(=O)c2ccc(OCC3CC3)nc2)CC1. The summed E-state index contributed by atoms with van der Waals surface area (Å²) in [6, 6.07) is 11.7. The molecule has 148 valence electrons. The molecule has 1 aromatic heterocycles. The molecule has 1 aliphatic heterocycles. The van der Waals surface area contributed by atoms with E-state index in [1.807, 2.05) is 29.2 Å². The lowest BCUT2D eigenvalue weighted by Crippen LogP contribution is -2.48. The number of methoxy groups -OCH3 is 1. The third kappa shape index (κ3) is 4.62. The maximum absolute atomic E-state index is 12.8. The van der Waals surface area contributed by atoms with E-state index in [-0.39, 0.29) is 5.91 Å². The Morgan fingerprint density at radius 2 is 1.89 bits per heavy atom. The molecular formula is C22H27N3O3. The average Bonchev–Trinajstić information content (AvgIpc) is 3.58. The Balaban J connectivity index is 1.28. The molecule has 2 aliphatic rings. The van der Waals surface area contributed by atoms with E-state index in [0.29, 0.717) is 30.5 Å². The lowest BCUT2D eigenvalue weighted by molar-refractivity contribution is 0.0627. The van der Waals surface area contributed by atoms with Crippen molar-refractivity contribution in [2.75, 3.05) is 39.9 Å². The van der Waals surface area contributed by atoms with Crippen LogP contribution in [0.1, 0.15) is 28.8 Å². The Morgan fingerprint density at radius 3 is 2.57 bits per heavy atom. The predicted octanol–water partition coefficient (Wildman–Crippen LogP) is 2.84. The first kappa shape index (κ1) is 18.7. The molecule has 1 aliphatic carbocycles. The molecule has 1 aromatic carbocycles. The van der Waals surface area contributed by atoms with Crippen LogP contribution >= 0.6 is 0 Å². The van der Waals surface area contributed by atoms with E-state index < -0.39 is 0 Å². The number of carbonyl (C=O) groups excluding carboxylic acids is 1. The zero-order chi connectivity index (χ0) is 19.3. The highest BCUT2D eigenvalue weighted by Gasteiger charge is 2.24. The fourth-order valence-electron chi connectivity index (χ4n) is 3.45. The van der Waals surface area contributed by atoms with E-state index in [2.05, 4.69) is 16.0 Å². The third-order valence-electron chi connectivity index (χ3n) is 5.39. The van der Waals surface area contributed by atoms with Crippen molar-refractivity contribution in [2.24, 2.45) is 5.92 Å². The van der Waals surface area contributed by atoms with Gasteiger partial charge < -0.3 is 14.4 Å². The summed E-state index contributed by atoms with van der Waals surface area (Å²) in [5.41, 5.74) is 1.80. The smallest absolute Gasteiger partial charge is 0.255 e. The first-order valence-electron chi connectivity index (χ1n) is 9.95. The molecule has 0 bridgehead atoms. The number of para-hydroxylation sites is 1. The predicted molar refractivity (Wildman–Crippen MR) is 107 cm³/mol. The fourth-order valence-corrected chi connectivity index (χ4v) is 3.45. The van der Waals surface area contributed by atoms with Crippen molar-refractivity contribution in [3.8, 4) is 11.6 Å². The van der Waals surface area contributed by atoms with Crippen LogP contribution in [0.3, 0.4) is 0 Å². The number of benzene rings is 1. The van der Waals surface area contributed by atoms with E-state index in [1.54, 1.807) is 19.4 Å². The largest absolute Gasteiger partial charge is 0.496 e. The maximum Gasteiger partial charge on any atom is 0.255 e. The quantitative estimate of drug-likeness (QED) is 0.738. The highest BCUT2D eigenvalue weighted by atomic mass is 16.5. The third-order valence-corrected chi connectivity index (χ3v) is 5.39. The zero-order valence-corrected chi connectivity index (χ0v) is 16.3. The Labute approximate surface area is 166 Å². The molecule has 0 spiro atoms. The van der Waals surface area contributed by atoms with Gasteiger partial charge in [0.15, 0.2) is 0 Å². The van der Waals surface area contributed by atoms with Crippen LogP contribution < -0.4 is 9.47 Å². The van der Waals surface area contributed by atoms with Gasteiger partial charge in [-0.25, -0.2) is 4.98 Å². The standard InChI is InChI=1S/C22H27N3O3/c1-27-20-5-3-2-4-19(20)15-24-10-12-25(13-11-24)22(26)18-8-9-21(23-14-18)28-16-17-6-7-17/h2-5,8-9,14,17H,6-7,10-13,15-16H2,1H3.